The van der Waals surface area contributed by atoms with E-state index >= 15 is 0 Å². The molecule has 0 aliphatic carbocycles. The zero-order valence-corrected chi connectivity index (χ0v) is 12.8. The summed E-state index contributed by atoms with van der Waals surface area (Å²) in [5.41, 5.74) is 1.15. The van der Waals surface area contributed by atoms with Gasteiger partial charge in [0.05, 0.1) is 18.1 Å². The number of alkyl halides is 1. The van der Waals surface area contributed by atoms with Gasteiger partial charge < -0.3 is 14.4 Å². The molecule has 1 fully saturated rings. The highest BCUT2D eigenvalue weighted by molar-refractivity contribution is 7.10. The van der Waals surface area contributed by atoms with Gasteiger partial charge >= 0.3 is 6.09 Å². The van der Waals surface area contributed by atoms with Crippen LogP contribution in [0.1, 0.15) is 23.3 Å². The molecule has 0 saturated carbocycles. The smallest absolute Gasteiger partial charge is 0.409 e. The molecule has 0 atom stereocenters. The van der Waals surface area contributed by atoms with Crippen molar-refractivity contribution in [3.8, 4) is 0 Å². The second-order valence-electron chi connectivity index (χ2n) is 5.14. The van der Waals surface area contributed by atoms with Gasteiger partial charge in [0.15, 0.2) is 0 Å². The van der Waals surface area contributed by atoms with Crippen molar-refractivity contribution in [3.05, 3.63) is 21.9 Å². The van der Waals surface area contributed by atoms with E-state index in [0.717, 1.165) is 25.9 Å². The summed E-state index contributed by atoms with van der Waals surface area (Å²) in [5, 5.41) is 2.14. The normalized spacial score (nSPS) is 20.8. The van der Waals surface area contributed by atoms with Gasteiger partial charge in [-0.05, 0) is 29.9 Å². The summed E-state index contributed by atoms with van der Waals surface area (Å²) < 4.78 is 11.2. The molecule has 2 aliphatic heterocycles. The van der Waals surface area contributed by atoms with Gasteiger partial charge in [0.2, 0.25) is 0 Å². The summed E-state index contributed by atoms with van der Waals surface area (Å²) in [6, 6.07) is 2.18. The largest absolute Gasteiger partial charge is 0.448 e. The summed E-state index contributed by atoms with van der Waals surface area (Å²) in [4.78, 5) is 15.0. The van der Waals surface area contributed by atoms with Crippen LogP contribution in [0.4, 0.5) is 4.79 Å². The lowest BCUT2D eigenvalue weighted by atomic mass is 9.82. The number of fused-ring (bicyclic) bond motifs is 2. The quantitative estimate of drug-likeness (QED) is 0.788. The Morgan fingerprint density at radius 3 is 3.05 bits per heavy atom. The van der Waals surface area contributed by atoms with Crippen LogP contribution in [0, 0.1) is 0 Å². The van der Waals surface area contributed by atoms with Crippen LogP contribution in [0.15, 0.2) is 11.4 Å². The maximum atomic E-state index is 11.8. The third-order valence-electron chi connectivity index (χ3n) is 4.08. The highest BCUT2D eigenvalue weighted by Gasteiger charge is 2.42. The molecule has 1 aromatic rings. The third-order valence-corrected chi connectivity index (χ3v) is 5.21. The maximum Gasteiger partial charge on any atom is 0.409 e. The second kappa shape index (κ2) is 5.92. The number of amides is 1. The SMILES string of the molecule is O=C(OCCCl)N1CCC2(CC1)OCCc1sccc12. The van der Waals surface area contributed by atoms with E-state index in [9.17, 15) is 4.79 Å². The van der Waals surface area contributed by atoms with Crippen LogP contribution in [0.2, 0.25) is 0 Å². The van der Waals surface area contributed by atoms with Crippen LogP contribution in [-0.2, 0) is 21.5 Å². The van der Waals surface area contributed by atoms with Crippen molar-refractivity contribution in [1.82, 2.24) is 4.90 Å². The molecule has 1 aromatic heterocycles. The molecule has 110 valence electrons. The van der Waals surface area contributed by atoms with Crippen molar-refractivity contribution in [2.45, 2.75) is 24.9 Å². The molecule has 6 heteroatoms. The van der Waals surface area contributed by atoms with Gasteiger partial charge in [-0.15, -0.1) is 22.9 Å². The van der Waals surface area contributed by atoms with E-state index in [1.807, 2.05) is 11.3 Å². The molecule has 2 aliphatic rings. The summed E-state index contributed by atoms with van der Waals surface area (Å²) in [6.45, 7) is 2.41. The highest BCUT2D eigenvalue weighted by atomic mass is 35.5. The first kappa shape index (κ1) is 14.2. The Bertz CT molecular complexity index is 483. The van der Waals surface area contributed by atoms with Crippen molar-refractivity contribution in [2.75, 3.05) is 32.2 Å². The van der Waals surface area contributed by atoms with Crippen molar-refractivity contribution < 1.29 is 14.3 Å². The van der Waals surface area contributed by atoms with Crippen molar-refractivity contribution >= 4 is 29.0 Å². The standard InChI is InChI=1S/C14H18ClNO3S/c15-5-9-18-13(17)16-6-3-14(4-7-16)11-2-10-20-12(11)1-8-19-14/h2,10H,1,3-9H2. The molecular formula is C14H18ClNO3S. The van der Waals surface area contributed by atoms with Crippen LogP contribution in [0.25, 0.3) is 0 Å². The molecule has 0 unspecified atom stereocenters. The molecular weight excluding hydrogens is 298 g/mol. The number of likely N-dealkylation sites (tertiary alicyclic amines) is 1. The Morgan fingerprint density at radius 1 is 1.50 bits per heavy atom. The Hall–Kier alpha value is -0.780. The lowest BCUT2D eigenvalue weighted by Gasteiger charge is -2.43. The molecule has 0 aromatic carbocycles. The Morgan fingerprint density at radius 2 is 2.30 bits per heavy atom. The topological polar surface area (TPSA) is 38.8 Å². The monoisotopic (exact) mass is 315 g/mol. The molecule has 1 saturated heterocycles. The number of hydrogen-bond acceptors (Lipinski definition) is 4. The zero-order valence-electron chi connectivity index (χ0n) is 11.3. The minimum atomic E-state index is -0.262. The fraction of sp³-hybridized carbons (Fsp3) is 0.643. The van der Waals surface area contributed by atoms with Crippen LogP contribution >= 0.6 is 22.9 Å². The molecule has 0 N–H and O–H groups in total. The van der Waals surface area contributed by atoms with E-state index in [0.29, 0.717) is 19.0 Å². The van der Waals surface area contributed by atoms with Crippen LogP contribution in [0.3, 0.4) is 0 Å². The molecule has 3 heterocycles. The molecule has 0 bridgehead atoms. The van der Waals surface area contributed by atoms with E-state index < -0.39 is 0 Å². The lowest BCUT2D eigenvalue weighted by molar-refractivity contribution is -0.0943. The first-order chi connectivity index (χ1) is 9.75. The van der Waals surface area contributed by atoms with Crippen molar-refractivity contribution in [1.29, 1.82) is 0 Å². The van der Waals surface area contributed by atoms with E-state index in [2.05, 4.69) is 11.4 Å². The minimum Gasteiger partial charge on any atom is -0.448 e. The van der Waals surface area contributed by atoms with Gasteiger partial charge in [0.1, 0.15) is 6.61 Å². The van der Waals surface area contributed by atoms with Gasteiger partial charge in [0.25, 0.3) is 0 Å². The molecule has 1 amide bonds. The number of halogens is 1. The number of carbonyl (C=O) groups is 1. The predicted molar refractivity (Wildman–Crippen MR) is 78.5 cm³/mol. The number of hydrogen-bond donors (Lipinski definition) is 0. The molecule has 4 nitrogen and oxygen atoms in total. The number of nitrogens with zero attached hydrogens (tertiary/aromatic N) is 1. The number of ether oxygens (including phenoxy) is 2. The van der Waals surface area contributed by atoms with E-state index in [1.54, 1.807) is 4.90 Å². The lowest BCUT2D eigenvalue weighted by Crippen LogP contribution is -2.48. The fourth-order valence-corrected chi connectivity index (χ4v) is 4.07. The van der Waals surface area contributed by atoms with E-state index in [1.165, 1.54) is 10.4 Å². The summed E-state index contributed by atoms with van der Waals surface area (Å²) in [6.07, 6.45) is 2.43. The van der Waals surface area contributed by atoms with Crippen molar-refractivity contribution in [3.63, 3.8) is 0 Å². The summed E-state index contributed by atoms with van der Waals surface area (Å²) in [7, 11) is 0. The van der Waals surface area contributed by atoms with Gasteiger partial charge in [-0.2, -0.15) is 0 Å². The zero-order chi connectivity index (χ0) is 14.0. The molecule has 3 rings (SSSR count). The van der Waals surface area contributed by atoms with Gasteiger partial charge in [-0.1, -0.05) is 0 Å². The summed E-state index contributed by atoms with van der Waals surface area (Å²) >= 11 is 7.34. The van der Waals surface area contributed by atoms with Gasteiger partial charge in [0, 0.05) is 24.4 Å². The Labute approximate surface area is 127 Å². The van der Waals surface area contributed by atoms with Crippen LogP contribution in [0.5, 0.6) is 0 Å². The number of thiophene rings is 1. The van der Waals surface area contributed by atoms with Crippen LogP contribution in [-0.4, -0.2) is 43.2 Å². The number of piperidine rings is 1. The van der Waals surface area contributed by atoms with Crippen LogP contribution < -0.4 is 0 Å². The van der Waals surface area contributed by atoms with Crippen molar-refractivity contribution in [2.24, 2.45) is 0 Å². The Balaban J connectivity index is 1.66. The maximum absolute atomic E-state index is 11.8. The highest BCUT2D eigenvalue weighted by Crippen LogP contribution is 2.43. The first-order valence-electron chi connectivity index (χ1n) is 6.94. The second-order valence-corrected chi connectivity index (χ2v) is 6.52. The molecule has 20 heavy (non-hydrogen) atoms. The van der Waals surface area contributed by atoms with E-state index in [4.69, 9.17) is 21.1 Å². The number of rotatable bonds is 2. The predicted octanol–water partition coefficient (Wildman–Crippen LogP) is 2.99. The summed E-state index contributed by atoms with van der Waals surface area (Å²) in [5.74, 6) is 0.338. The third kappa shape index (κ3) is 2.54. The number of carbonyl (C=O) groups excluding carboxylic acids is 1. The Kier molecular flexibility index (Phi) is 4.19. The fourth-order valence-electron chi connectivity index (χ4n) is 3.04. The molecule has 0 radical (unpaired) electrons. The average molecular weight is 316 g/mol. The minimum absolute atomic E-state index is 0.184. The van der Waals surface area contributed by atoms with Gasteiger partial charge in [-0.3, -0.25) is 0 Å². The molecule has 1 spiro atoms. The van der Waals surface area contributed by atoms with E-state index in [-0.39, 0.29) is 18.3 Å². The first-order valence-corrected chi connectivity index (χ1v) is 8.35. The van der Waals surface area contributed by atoms with Gasteiger partial charge in [-0.25, -0.2) is 4.79 Å². The average Bonchev–Trinajstić information content (AvgIpc) is 2.96.